The Bertz CT molecular complexity index is 1170. The van der Waals surface area contributed by atoms with Crippen LogP contribution in [0.3, 0.4) is 0 Å². The number of hydrogen-bond donors (Lipinski definition) is 1. The first-order valence-electron chi connectivity index (χ1n) is 10.9. The molecule has 1 amide bonds. The monoisotopic (exact) mass is 485 g/mol. The van der Waals surface area contributed by atoms with Crippen molar-refractivity contribution in [2.24, 2.45) is 0 Å². The van der Waals surface area contributed by atoms with E-state index in [1.54, 1.807) is 37.6 Å². The highest BCUT2D eigenvalue weighted by atomic mass is 32.2. The lowest BCUT2D eigenvalue weighted by molar-refractivity contribution is -0.113. The number of thioether (sulfide) groups is 1. The van der Waals surface area contributed by atoms with Crippen LogP contribution in [-0.2, 0) is 14.8 Å². The minimum atomic E-state index is -3.56. The largest absolute Gasteiger partial charge is 0.325 e. The second-order valence-electron chi connectivity index (χ2n) is 7.99. The van der Waals surface area contributed by atoms with Crippen LogP contribution < -0.4 is 5.32 Å². The second kappa shape index (κ2) is 10.5. The van der Waals surface area contributed by atoms with Crippen molar-refractivity contribution in [2.75, 3.05) is 18.1 Å². The van der Waals surface area contributed by atoms with Crippen LogP contribution in [0, 0.1) is 0 Å². The highest BCUT2D eigenvalue weighted by Crippen LogP contribution is 2.27. The molecule has 4 rings (SSSR count). The predicted molar refractivity (Wildman–Crippen MR) is 129 cm³/mol. The summed E-state index contributed by atoms with van der Waals surface area (Å²) in [4.78, 5) is 12.7. The zero-order chi connectivity index (χ0) is 23.3. The van der Waals surface area contributed by atoms with Crippen molar-refractivity contribution in [3.8, 4) is 5.69 Å². The van der Waals surface area contributed by atoms with E-state index in [0.29, 0.717) is 10.8 Å². The van der Waals surface area contributed by atoms with Gasteiger partial charge in [-0.2, -0.15) is 4.31 Å². The fourth-order valence-electron chi connectivity index (χ4n) is 3.93. The van der Waals surface area contributed by atoms with Crippen molar-refractivity contribution in [3.05, 3.63) is 60.9 Å². The molecule has 1 saturated carbocycles. The summed E-state index contributed by atoms with van der Waals surface area (Å²) in [6.45, 7) is 0. The van der Waals surface area contributed by atoms with Crippen LogP contribution in [0.1, 0.15) is 32.1 Å². The number of benzene rings is 2. The van der Waals surface area contributed by atoms with Crippen LogP contribution in [0.5, 0.6) is 0 Å². The molecule has 1 aliphatic carbocycles. The molecule has 1 fully saturated rings. The molecule has 8 nitrogen and oxygen atoms in total. The minimum Gasteiger partial charge on any atom is -0.325 e. The standard InChI is InChI=1S/C23H27N5O3S2/c1-27(19-8-4-2-5-9-19)33(30,31)21-14-12-18(13-15-21)25-22(29)16-32-23-26-24-17-28(23)20-10-6-3-7-11-20/h3,6-7,10-15,17,19H,2,4-5,8-9,16H2,1H3,(H,25,29). The summed E-state index contributed by atoms with van der Waals surface area (Å²) in [5, 5.41) is 11.5. The summed E-state index contributed by atoms with van der Waals surface area (Å²) in [5.74, 6) is -0.0618. The fraction of sp³-hybridized carbons (Fsp3) is 0.348. The summed E-state index contributed by atoms with van der Waals surface area (Å²) < 4.78 is 29.3. The fourth-order valence-corrected chi connectivity index (χ4v) is 6.08. The number of amides is 1. The third kappa shape index (κ3) is 5.63. The number of carbonyl (C=O) groups is 1. The van der Waals surface area contributed by atoms with Gasteiger partial charge in [0.1, 0.15) is 6.33 Å². The van der Waals surface area contributed by atoms with Gasteiger partial charge in [0.05, 0.1) is 10.6 Å². The Balaban J connectivity index is 1.35. The van der Waals surface area contributed by atoms with Gasteiger partial charge in [-0.1, -0.05) is 49.2 Å². The molecule has 2 aromatic carbocycles. The highest BCUT2D eigenvalue weighted by Gasteiger charge is 2.28. The molecule has 0 bridgehead atoms. The van der Waals surface area contributed by atoms with E-state index in [1.165, 1.54) is 22.5 Å². The number of nitrogens with one attached hydrogen (secondary N) is 1. The highest BCUT2D eigenvalue weighted by molar-refractivity contribution is 7.99. The van der Waals surface area contributed by atoms with Crippen LogP contribution >= 0.6 is 11.8 Å². The lowest BCUT2D eigenvalue weighted by Crippen LogP contribution is -2.38. The van der Waals surface area contributed by atoms with Crippen LogP contribution in [0.2, 0.25) is 0 Å². The first-order chi connectivity index (χ1) is 15.9. The number of rotatable bonds is 8. The van der Waals surface area contributed by atoms with Gasteiger partial charge in [-0.15, -0.1) is 10.2 Å². The SMILES string of the molecule is CN(C1CCCCC1)S(=O)(=O)c1ccc(NC(=O)CSc2nncn2-c2ccccc2)cc1. The molecule has 1 heterocycles. The minimum absolute atomic E-state index is 0.0538. The Kier molecular flexibility index (Phi) is 7.46. The van der Waals surface area contributed by atoms with Crippen molar-refractivity contribution in [1.82, 2.24) is 19.1 Å². The van der Waals surface area contributed by atoms with Gasteiger partial charge in [0.25, 0.3) is 0 Å². The molecular weight excluding hydrogens is 458 g/mol. The second-order valence-corrected chi connectivity index (χ2v) is 10.9. The molecular formula is C23H27N5O3S2. The third-order valence-corrected chi connectivity index (χ3v) is 8.65. The Labute approximate surface area is 198 Å². The van der Waals surface area contributed by atoms with Gasteiger partial charge in [0.15, 0.2) is 5.16 Å². The average Bonchev–Trinajstić information content (AvgIpc) is 3.32. The zero-order valence-corrected chi connectivity index (χ0v) is 20.1. The van der Waals surface area contributed by atoms with E-state index in [9.17, 15) is 13.2 Å². The van der Waals surface area contributed by atoms with E-state index >= 15 is 0 Å². The summed E-state index contributed by atoms with van der Waals surface area (Å²) in [5.41, 5.74) is 1.46. The number of carbonyl (C=O) groups excluding carboxylic acids is 1. The number of para-hydroxylation sites is 1. The maximum Gasteiger partial charge on any atom is 0.243 e. The predicted octanol–water partition coefficient (Wildman–Crippen LogP) is 3.95. The topological polar surface area (TPSA) is 97.2 Å². The molecule has 1 aromatic heterocycles. The molecule has 3 aromatic rings. The molecule has 0 aliphatic heterocycles. The molecule has 174 valence electrons. The van der Waals surface area contributed by atoms with Crippen molar-refractivity contribution < 1.29 is 13.2 Å². The maximum absolute atomic E-state index is 13.0. The van der Waals surface area contributed by atoms with E-state index in [2.05, 4.69) is 15.5 Å². The lowest BCUT2D eigenvalue weighted by Gasteiger charge is -2.30. The van der Waals surface area contributed by atoms with Gasteiger partial charge >= 0.3 is 0 Å². The zero-order valence-electron chi connectivity index (χ0n) is 18.4. The Hall–Kier alpha value is -2.69. The van der Waals surface area contributed by atoms with Crippen LogP contribution in [0.4, 0.5) is 5.69 Å². The quantitative estimate of drug-likeness (QED) is 0.485. The lowest BCUT2D eigenvalue weighted by atomic mass is 9.96. The van der Waals surface area contributed by atoms with E-state index < -0.39 is 10.0 Å². The van der Waals surface area contributed by atoms with Crippen LogP contribution in [0.25, 0.3) is 5.69 Å². The number of anilines is 1. The molecule has 0 saturated heterocycles. The Morgan fingerprint density at radius 1 is 1.09 bits per heavy atom. The average molecular weight is 486 g/mol. The molecule has 0 spiro atoms. The smallest absolute Gasteiger partial charge is 0.243 e. The Morgan fingerprint density at radius 3 is 2.48 bits per heavy atom. The van der Waals surface area contributed by atoms with Gasteiger partial charge < -0.3 is 5.32 Å². The van der Waals surface area contributed by atoms with Gasteiger partial charge in [0, 0.05) is 24.5 Å². The summed E-state index contributed by atoms with van der Waals surface area (Å²) >= 11 is 1.28. The normalized spacial score (nSPS) is 15.0. The van der Waals surface area contributed by atoms with Gasteiger partial charge in [-0.25, -0.2) is 8.42 Å². The van der Waals surface area contributed by atoms with Gasteiger partial charge in [-0.05, 0) is 49.2 Å². The molecule has 0 unspecified atom stereocenters. The number of hydrogen-bond acceptors (Lipinski definition) is 6. The van der Waals surface area contributed by atoms with Gasteiger partial charge in [-0.3, -0.25) is 9.36 Å². The van der Waals surface area contributed by atoms with Gasteiger partial charge in [0.2, 0.25) is 15.9 Å². The Morgan fingerprint density at radius 2 is 1.79 bits per heavy atom. The molecule has 1 N–H and O–H groups in total. The van der Waals surface area contributed by atoms with Crippen LogP contribution in [0.15, 0.2) is 71.0 Å². The maximum atomic E-state index is 13.0. The van der Waals surface area contributed by atoms with E-state index in [-0.39, 0.29) is 22.6 Å². The van der Waals surface area contributed by atoms with E-state index in [1.807, 2.05) is 34.9 Å². The van der Waals surface area contributed by atoms with Crippen LogP contribution in [-0.4, -0.2) is 52.2 Å². The summed E-state index contributed by atoms with van der Waals surface area (Å²) in [7, 11) is -1.90. The number of nitrogens with zero attached hydrogens (tertiary/aromatic N) is 4. The number of aromatic nitrogens is 3. The van der Waals surface area contributed by atoms with Crippen molar-refractivity contribution in [2.45, 2.75) is 48.2 Å². The molecule has 10 heteroatoms. The first-order valence-corrected chi connectivity index (χ1v) is 13.3. The molecule has 0 atom stereocenters. The molecule has 1 aliphatic rings. The first kappa shape index (κ1) is 23.5. The molecule has 33 heavy (non-hydrogen) atoms. The number of sulfonamides is 1. The van der Waals surface area contributed by atoms with E-state index in [0.717, 1.165) is 31.4 Å². The third-order valence-electron chi connectivity index (χ3n) is 5.79. The van der Waals surface area contributed by atoms with E-state index in [4.69, 9.17) is 0 Å². The van der Waals surface area contributed by atoms with Crippen molar-refractivity contribution >= 4 is 33.4 Å². The van der Waals surface area contributed by atoms with Crippen molar-refractivity contribution in [3.63, 3.8) is 0 Å². The van der Waals surface area contributed by atoms with Crippen molar-refractivity contribution in [1.29, 1.82) is 0 Å². The summed E-state index contributed by atoms with van der Waals surface area (Å²) in [6, 6.07) is 16.0. The molecule has 0 radical (unpaired) electrons. The summed E-state index contributed by atoms with van der Waals surface area (Å²) in [6.07, 6.45) is 6.71.